The van der Waals surface area contributed by atoms with Gasteiger partial charge in [-0.05, 0) is 19.5 Å². The van der Waals surface area contributed by atoms with Crippen molar-refractivity contribution in [2.75, 3.05) is 13.2 Å². The van der Waals surface area contributed by atoms with Gasteiger partial charge in [0.25, 0.3) is 5.69 Å². The van der Waals surface area contributed by atoms with Gasteiger partial charge in [0.15, 0.2) is 0 Å². The zero-order chi connectivity index (χ0) is 13.6. The third-order valence-corrected chi connectivity index (χ3v) is 2.37. The van der Waals surface area contributed by atoms with Crippen molar-refractivity contribution in [1.82, 2.24) is 5.32 Å². The SMILES string of the molecule is CCNC(C)(C#N)COc1cccc([N+](=O)[O-])c1. The lowest BCUT2D eigenvalue weighted by molar-refractivity contribution is -0.384. The quantitative estimate of drug-likeness (QED) is 0.614. The van der Waals surface area contributed by atoms with Crippen LogP contribution in [0.25, 0.3) is 0 Å². The highest BCUT2D eigenvalue weighted by Crippen LogP contribution is 2.20. The van der Waals surface area contributed by atoms with E-state index in [-0.39, 0.29) is 12.3 Å². The number of nitrogens with one attached hydrogen (secondary N) is 1. The van der Waals surface area contributed by atoms with Crippen molar-refractivity contribution in [2.24, 2.45) is 0 Å². The van der Waals surface area contributed by atoms with E-state index >= 15 is 0 Å². The predicted octanol–water partition coefficient (Wildman–Crippen LogP) is 1.87. The molecule has 0 saturated carbocycles. The summed E-state index contributed by atoms with van der Waals surface area (Å²) >= 11 is 0. The summed E-state index contributed by atoms with van der Waals surface area (Å²) in [5.74, 6) is 0.378. The summed E-state index contributed by atoms with van der Waals surface area (Å²) in [7, 11) is 0. The van der Waals surface area contributed by atoms with Crippen molar-refractivity contribution in [1.29, 1.82) is 5.26 Å². The summed E-state index contributed by atoms with van der Waals surface area (Å²) in [6.45, 7) is 4.37. The average molecular weight is 249 g/mol. The van der Waals surface area contributed by atoms with E-state index in [0.29, 0.717) is 12.3 Å². The normalized spacial score (nSPS) is 13.4. The summed E-state index contributed by atoms with van der Waals surface area (Å²) in [5, 5.41) is 22.6. The Kier molecular flexibility index (Phi) is 4.63. The maximum atomic E-state index is 10.6. The smallest absolute Gasteiger partial charge is 0.273 e. The molecular weight excluding hydrogens is 234 g/mol. The molecule has 0 aliphatic rings. The number of likely N-dealkylation sites (N-methyl/N-ethyl adjacent to an activating group) is 1. The lowest BCUT2D eigenvalue weighted by Gasteiger charge is -2.22. The van der Waals surface area contributed by atoms with E-state index in [2.05, 4.69) is 11.4 Å². The van der Waals surface area contributed by atoms with Crippen LogP contribution in [0.3, 0.4) is 0 Å². The van der Waals surface area contributed by atoms with E-state index in [0.717, 1.165) is 0 Å². The average Bonchev–Trinajstić information content (AvgIpc) is 2.37. The number of benzene rings is 1. The molecule has 1 atom stereocenters. The highest BCUT2D eigenvalue weighted by molar-refractivity contribution is 5.38. The molecule has 1 unspecified atom stereocenters. The molecule has 6 nitrogen and oxygen atoms in total. The van der Waals surface area contributed by atoms with Gasteiger partial charge in [0.1, 0.15) is 17.9 Å². The number of nitrogens with zero attached hydrogens (tertiary/aromatic N) is 2. The monoisotopic (exact) mass is 249 g/mol. The number of nitro groups is 1. The molecule has 1 aromatic rings. The zero-order valence-corrected chi connectivity index (χ0v) is 10.3. The number of hydrogen-bond donors (Lipinski definition) is 1. The molecule has 18 heavy (non-hydrogen) atoms. The fourth-order valence-electron chi connectivity index (χ4n) is 1.43. The first-order valence-electron chi connectivity index (χ1n) is 5.54. The molecule has 0 bridgehead atoms. The van der Waals surface area contributed by atoms with Gasteiger partial charge in [-0.3, -0.25) is 15.4 Å². The molecular formula is C12H15N3O3. The van der Waals surface area contributed by atoms with E-state index in [1.165, 1.54) is 12.1 Å². The molecule has 1 aromatic carbocycles. The van der Waals surface area contributed by atoms with E-state index in [9.17, 15) is 10.1 Å². The van der Waals surface area contributed by atoms with Gasteiger partial charge >= 0.3 is 0 Å². The minimum atomic E-state index is -0.806. The highest BCUT2D eigenvalue weighted by atomic mass is 16.6. The molecule has 6 heteroatoms. The third-order valence-electron chi connectivity index (χ3n) is 2.37. The second kappa shape index (κ2) is 5.98. The van der Waals surface area contributed by atoms with Gasteiger partial charge in [-0.25, -0.2) is 0 Å². The van der Waals surface area contributed by atoms with Crippen LogP contribution in [0.2, 0.25) is 0 Å². The maximum absolute atomic E-state index is 10.6. The Morgan fingerprint density at radius 2 is 2.33 bits per heavy atom. The molecule has 96 valence electrons. The predicted molar refractivity (Wildman–Crippen MR) is 66.3 cm³/mol. The number of hydrogen-bond acceptors (Lipinski definition) is 5. The van der Waals surface area contributed by atoms with Gasteiger partial charge in [0.05, 0.1) is 17.1 Å². The Morgan fingerprint density at radius 1 is 1.61 bits per heavy atom. The van der Waals surface area contributed by atoms with Crippen LogP contribution in [-0.4, -0.2) is 23.6 Å². The minimum Gasteiger partial charge on any atom is -0.490 e. The van der Waals surface area contributed by atoms with Crippen molar-refractivity contribution in [3.05, 3.63) is 34.4 Å². The molecule has 0 aromatic heterocycles. The van der Waals surface area contributed by atoms with Crippen molar-refractivity contribution >= 4 is 5.69 Å². The lowest BCUT2D eigenvalue weighted by Crippen LogP contribution is -2.46. The van der Waals surface area contributed by atoms with E-state index in [1.807, 2.05) is 6.92 Å². The van der Waals surface area contributed by atoms with Crippen LogP contribution < -0.4 is 10.1 Å². The molecule has 1 N–H and O–H groups in total. The Hall–Kier alpha value is -2.13. The Balaban J connectivity index is 2.71. The van der Waals surface area contributed by atoms with Gasteiger partial charge in [0, 0.05) is 6.07 Å². The standard InChI is InChI=1S/C12H15N3O3/c1-3-14-12(2,8-13)9-18-11-6-4-5-10(7-11)15(16)17/h4-7,14H,3,9H2,1-2H3. The van der Waals surface area contributed by atoms with Gasteiger partial charge in [0.2, 0.25) is 0 Å². The minimum absolute atomic E-state index is 0.0328. The summed E-state index contributed by atoms with van der Waals surface area (Å²) in [5.41, 5.74) is -0.839. The first-order valence-corrected chi connectivity index (χ1v) is 5.54. The molecule has 0 fully saturated rings. The molecule has 0 spiro atoms. The molecule has 0 amide bonds. The first kappa shape index (κ1) is 13.9. The van der Waals surface area contributed by atoms with Crippen molar-refractivity contribution < 1.29 is 9.66 Å². The van der Waals surface area contributed by atoms with Crippen molar-refractivity contribution in [3.8, 4) is 11.8 Å². The molecule has 0 aliphatic heterocycles. The molecule has 1 rings (SSSR count). The van der Waals surface area contributed by atoms with Crippen molar-refractivity contribution in [2.45, 2.75) is 19.4 Å². The summed E-state index contributed by atoms with van der Waals surface area (Å²) in [6.07, 6.45) is 0. The number of non-ortho nitro benzene ring substituents is 1. The Morgan fingerprint density at radius 3 is 2.89 bits per heavy atom. The van der Waals surface area contributed by atoms with E-state index in [4.69, 9.17) is 10.00 Å². The summed E-state index contributed by atoms with van der Waals surface area (Å²) in [6, 6.07) is 8.01. The number of ether oxygens (including phenoxy) is 1. The fraction of sp³-hybridized carbons (Fsp3) is 0.417. The van der Waals surface area contributed by atoms with Crippen LogP contribution in [0.5, 0.6) is 5.75 Å². The zero-order valence-electron chi connectivity index (χ0n) is 10.3. The summed E-state index contributed by atoms with van der Waals surface area (Å²) < 4.78 is 5.42. The third kappa shape index (κ3) is 3.71. The van der Waals surface area contributed by atoms with Crippen LogP contribution >= 0.6 is 0 Å². The fourth-order valence-corrected chi connectivity index (χ4v) is 1.43. The number of nitriles is 1. The van der Waals surface area contributed by atoms with Gasteiger partial charge in [-0.1, -0.05) is 13.0 Å². The topological polar surface area (TPSA) is 88.2 Å². The molecule has 0 saturated heterocycles. The first-order chi connectivity index (χ1) is 8.50. The van der Waals surface area contributed by atoms with Gasteiger partial charge < -0.3 is 4.74 Å². The number of rotatable bonds is 6. The molecule has 0 radical (unpaired) electrons. The van der Waals surface area contributed by atoms with Crippen LogP contribution in [0.15, 0.2) is 24.3 Å². The van der Waals surface area contributed by atoms with E-state index in [1.54, 1.807) is 19.1 Å². The maximum Gasteiger partial charge on any atom is 0.273 e. The van der Waals surface area contributed by atoms with E-state index < -0.39 is 10.5 Å². The van der Waals surface area contributed by atoms with Crippen LogP contribution in [0.1, 0.15) is 13.8 Å². The highest BCUT2D eigenvalue weighted by Gasteiger charge is 2.23. The molecule has 0 heterocycles. The van der Waals surface area contributed by atoms with Gasteiger partial charge in [-0.2, -0.15) is 5.26 Å². The Labute approximate surface area is 105 Å². The van der Waals surface area contributed by atoms with Gasteiger partial charge in [-0.15, -0.1) is 0 Å². The number of nitro benzene ring substituents is 1. The Bertz CT molecular complexity index is 470. The summed E-state index contributed by atoms with van der Waals surface area (Å²) in [4.78, 5) is 10.1. The largest absolute Gasteiger partial charge is 0.490 e. The van der Waals surface area contributed by atoms with Crippen LogP contribution in [0.4, 0.5) is 5.69 Å². The van der Waals surface area contributed by atoms with Crippen LogP contribution in [0, 0.1) is 21.4 Å². The molecule has 0 aliphatic carbocycles. The van der Waals surface area contributed by atoms with Crippen LogP contribution in [-0.2, 0) is 0 Å². The van der Waals surface area contributed by atoms with Crippen molar-refractivity contribution in [3.63, 3.8) is 0 Å². The lowest BCUT2D eigenvalue weighted by atomic mass is 10.1. The second-order valence-corrected chi connectivity index (χ2v) is 4.02. The second-order valence-electron chi connectivity index (χ2n) is 4.02.